The Morgan fingerprint density at radius 3 is 3.00 bits per heavy atom. The summed E-state index contributed by atoms with van der Waals surface area (Å²) in [5.74, 6) is 0.793. The number of carbonyl (C=O) groups excluding carboxylic acids is 1. The number of amides is 1. The summed E-state index contributed by atoms with van der Waals surface area (Å²) in [6, 6.07) is 1.90. The van der Waals surface area contributed by atoms with Gasteiger partial charge in [-0.2, -0.15) is 0 Å². The SMILES string of the molecule is CCCC(C)(N)C(=O)N1CCCC1c1cc(C)no1. The lowest BCUT2D eigenvalue weighted by Gasteiger charge is -2.31. The lowest BCUT2D eigenvalue weighted by Crippen LogP contribution is -2.52. The molecule has 19 heavy (non-hydrogen) atoms. The van der Waals surface area contributed by atoms with Gasteiger partial charge in [0.05, 0.1) is 17.3 Å². The van der Waals surface area contributed by atoms with E-state index in [1.54, 1.807) is 0 Å². The Kier molecular flexibility index (Phi) is 3.94. The quantitative estimate of drug-likeness (QED) is 0.905. The summed E-state index contributed by atoms with van der Waals surface area (Å²) >= 11 is 0. The average Bonchev–Trinajstić information content (AvgIpc) is 2.95. The molecule has 2 atom stereocenters. The van der Waals surface area contributed by atoms with E-state index in [9.17, 15) is 4.79 Å². The van der Waals surface area contributed by atoms with Crippen molar-refractivity contribution in [3.8, 4) is 0 Å². The second kappa shape index (κ2) is 5.33. The number of hydrogen-bond acceptors (Lipinski definition) is 4. The van der Waals surface area contributed by atoms with Crippen LogP contribution in [-0.4, -0.2) is 28.0 Å². The number of rotatable bonds is 4. The van der Waals surface area contributed by atoms with E-state index in [1.807, 2.05) is 31.7 Å². The van der Waals surface area contributed by atoms with Gasteiger partial charge in [0.15, 0.2) is 5.76 Å². The van der Waals surface area contributed by atoms with Gasteiger partial charge >= 0.3 is 0 Å². The molecule has 0 radical (unpaired) electrons. The first-order chi connectivity index (χ1) is 8.95. The molecule has 1 aromatic rings. The van der Waals surface area contributed by atoms with E-state index in [2.05, 4.69) is 5.16 Å². The molecule has 2 N–H and O–H groups in total. The highest BCUT2D eigenvalue weighted by molar-refractivity contribution is 5.86. The predicted octanol–water partition coefficient (Wildman–Crippen LogP) is 2.16. The molecule has 0 bridgehead atoms. The van der Waals surface area contributed by atoms with E-state index in [1.165, 1.54) is 0 Å². The molecule has 1 amide bonds. The van der Waals surface area contributed by atoms with Gasteiger partial charge in [0, 0.05) is 12.6 Å². The van der Waals surface area contributed by atoms with Crippen LogP contribution >= 0.6 is 0 Å². The summed E-state index contributed by atoms with van der Waals surface area (Å²) in [4.78, 5) is 14.4. The van der Waals surface area contributed by atoms with Gasteiger partial charge in [-0.3, -0.25) is 4.79 Å². The summed E-state index contributed by atoms with van der Waals surface area (Å²) < 4.78 is 5.32. The van der Waals surface area contributed by atoms with Crippen molar-refractivity contribution in [2.24, 2.45) is 5.73 Å². The van der Waals surface area contributed by atoms with Gasteiger partial charge in [-0.25, -0.2) is 0 Å². The lowest BCUT2D eigenvalue weighted by atomic mass is 9.95. The van der Waals surface area contributed by atoms with Crippen molar-refractivity contribution >= 4 is 5.91 Å². The second-order valence-electron chi connectivity index (χ2n) is 5.69. The van der Waals surface area contributed by atoms with Gasteiger partial charge in [0.2, 0.25) is 5.91 Å². The normalized spacial score (nSPS) is 22.5. The second-order valence-corrected chi connectivity index (χ2v) is 5.69. The lowest BCUT2D eigenvalue weighted by molar-refractivity contribution is -0.138. The summed E-state index contributed by atoms with van der Waals surface area (Å²) in [5.41, 5.74) is 6.22. The van der Waals surface area contributed by atoms with Crippen molar-refractivity contribution in [2.75, 3.05) is 6.54 Å². The first-order valence-electron chi connectivity index (χ1n) is 6.99. The Morgan fingerprint density at radius 1 is 1.68 bits per heavy atom. The molecule has 1 aliphatic heterocycles. The number of hydrogen-bond donors (Lipinski definition) is 1. The minimum absolute atomic E-state index is 0.00608. The Hall–Kier alpha value is -1.36. The monoisotopic (exact) mass is 265 g/mol. The van der Waals surface area contributed by atoms with Crippen LogP contribution in [0.4, 0.5) is 0 Å². The highest BCUT2D eigenvalue weighted by Gasteiger charge is 2.39. The van der Waals surface area contributed by atoms with Crippen molar-refractivity contribution in [3.63, 3.8) is 0 Å². The number of aryl methyl sites for hydroxylation is 1. The number of aromatic nitrogens is 1. The number of carbonyl (C=O) groups is 1. The van der Waals surface area contributed by atoms with Crippen LogP contribution in [0.5, 0.6) is 0 Å². The fourth-order valence-electron chi connectivity index (χ4n) is 2.80. The third kappa shape index (κ3) is 2.81. The summed E-state index contributed by atoms with van der Waals surface area (Å²) in [6.07, 6.45) is 3.50. The zero-order chi connectivity index (χ0) is 14.0. The van der Waals surface area contributed by atoms with Gasteiger partial charge in [-0.1, -0.05) is 18.5 Å². The topological polar surface area (TPSA) is 72.4 Å². The summed E-state index contributed by atoms with van der Waals surface area (Å²) in [7, 11) is 0. The number of likely N-dealkylation sites (tertiary alicyclic amines) is 1. The fraction of sp³-hybridized carbons (Fsp3) is 0.714. The third-order valence-corrected chi connectivity index (χ3v) is 3.75. The largest absolute Gasteiger partial charge is 0.359 e. The highest BCUT2D eigenvalue weighted by Crippen LogP contribution is 2.34. The van der Waals surface area contributed by atoms with Gasteiger partial charge in [-0.15, -0.1) is 0 Å². The molecular formula is C14H23N3O2. The maximum Gasteiger partial charge on any atom is 0.242 e. The molecule has 0 saturated carbocycles. The van der Waals surface area contributed by atoms with Crippen LogP contribution in [0.3, 0.4) is 0 Å². The Morgan fingerprint density at radius 2 is 2.42 bits per heavy atom. The van der Waals surface area contributed by atoms with Gasteiger partial charge < -0.3 is 15.2 Å². The molecular weight excluding hydrogens is 242 g/mol. The van der Waals surface area contributed by atoms with Crippen molar-refractivity contribution in [2.45, 2.75) is 58.0 Å². The van der Waals surface area contributed by atoms with Gasteiger partial charge in [0.1, 0.15) is 0 Å². The van der Waals surface area contributed by atoms with Crippen molar-refractivity contribution in [3.05, 3.63) is 17.5 Å². The molecule has 5 nitrogen and oxygen atoms in total. The van der Waals surface area contributed by atoms with E-state index in [4.69, 9.17) is 10.3 Å². The van der Waals surface area contributed by atoms with Crippen LogP contribution in [0.15, 0.2) is 10.6 Å². The molecule has 1 aromatic heterocycles. The Bertz CT molecular complexity index is 453. The molecule has 2 heterocycles. The molecule has 1 saturated heterocycles. The van der Waals surface area contributed by atoms with E-state index in [0.717, 1.165) is 37.3 Å². The number of nitrogens with zero attached hydrogens (tertiary/aromatic N) is 2. The molecule has 5 heteroatoms. The maximum atomic E-state index is 12.6. The third-order valence-electron chi connectivity index (χ3n) is 3.75. The van der Waals surface area contributed by atoms with Crippen molar-refractivity contribution in [1.29, 1.82) is 0 Å². The predicted molar refractivity (Wildman–Crippen MR) is 72.4 cm³/mol. The minimum atomic E-state index is -0.785. The van der Waals surface area contributed by atoms with E-state index in [0.29, 0.717) is 6.42 Å². The molecule has 0 aromatic carbocycles. The van der Waals surface area contributed by atoms with Crippen molar-refractivity contribution < 1.29 is 9.32 Å². The first kappa shape index (κ1) is 14.1. The molecule has 106 valence electrons. The minimum Gasteiger partial charge on any atom is -0.359 e. The molecule has 1 fully saturated rings. The van der Waals surface area contributed by atoms with Crippen LogP contribution in [0.25, 0.3) is 0 Å². The summed E-state index contributed by atoms with van der Waals surface area (Å²) in [5, 5.41) is 3.91. The van der Waals surface area contributed by atoms with E-state index < -0.39 is 5.54 Å². The van der Waals surface area contributed by atoms with E-state index in [-0.39, 0.29) is 11.9 Å². The van der Waals surface area contributed by atoms with Gasteiger partial charge in [-0.05, 0) is 33.1 Å². The standard InChI is InChI=1S/C14H23N3O2/c1-4-7-14(3,15)13(18)17-8-5-6-11(17)12-9-10(2)16-19-12/h9,11H,4-8,15H2,1-3H3. The van der Waals surface area contributed by atoms with Crippen LogP contribution < -0.4 is 5.73 Å². The van der Waals surface area contributed by atoms with Gasteiger partial charge in [0.25, 0.3) is 0 Å². The molecule has 0 aliphatic carbocycles. The van der Waals surface area contributed by atoms with E-state index >= 15 is 0 Å². The van der Waals surface area contributed by atoms with Crippen LogP contribution in [0, 0.1) is 6.92 Å². The zero-order valence-corrected chi connectivity index (χ0v) is 12.0. The maximum absolute atomic E-state index is 12.6. The fourth-order valence-corrected chi connectivity index (χ4v) is 2.80. The Balaban J connectivity index is 2.17. The average molecular weight is 265 g/mol. The molecule has 0 spiro atoms. The molecule has 2 rings (SSSR count). The zero-order valence-electron chi connectivity index (χ0n) is 12.0. The van der Waals surface area contributed by atoms with Crippen LogP contribution in [0.2, 0.25) is 0 Å². The Labute approximate surface area is 114 Å². The van der Waals surface area contributed by atoms with Crippen molar-refractivity contribution in [1.82, 2.24) is 10.1 Å². The number of nitrogens with two attached hydrogens (primary N) is 1. The molecule has 1 aliphatic rings. The molecule has 2 unspecified atom stereocenters. The summed E-state index contributed by atoms with van der Waals surface area (Å²) in [6.45, 7) is 6.50. The smallest absolute Gasteiger partial charge is 0.242 e. The highest BCUT2D eigenvalue weighted by atomic mass is 16.5. The first-order valence-corrected chi connectivity index (χ1v) is 6.99. The van der Waals surface area contributed by atoms with Crippen LogP contribution in [-0.2, 0) is 4.79 Å². The van der Waals surface area contributed by atoms with Crippen LogP contribution in [0.1, 0.15) is 57.0 Å².